The molecule has 27 heavy (non-hydrogen) atoms. The third-order valence-electron chi connectivity index (χ3n) is 4.32. The number of pyridine rings is 1. The van der Waals surface area contributed by atoms with Crippen LogP contribution in [0.3, 0.4) is 0 Å². The predicted octanol–water partition coefficient (Wildman–Crippen LogP) is 3.12. The van der Waals surface area contributed by atoms with Gasteiger partial charge in [-0.15, -0.1) is 0 Å². The maximum atomic E-state index is 12.4. The summed E-state index contributed by atoms with van der Waals surface area (Å²) in [5, 5.41) is 19.4. The molecule has 0 aliphatic carbocycles. The number of anilines is 1. The van der Waals surface area contributed by atoms with Gasteiger partial charge < -0.3 is 15.2 Å². The van der Waals surface area contributed by atoms with Gasteiger partial charge in [0, 0.05) is 30.4 Å². The molecule has 3 rings (SSSR count). The van der Waals surface area contributed by atoms with Crippen LogP contribution in [0.15, 0.2) is 36.7 Å². The van der Waals surface area contributed by atoms with E-state index < -0.39 is 11.6 Å². The van der Waals surface area contributed by atoms with E-state index in [0.29, 0.717) is 27.3 Å². The number of halogens is 1. The van der Waals surface area contributed by atoms with E-state index in [4.69, 9.17) is 16.3 Å². The second-order valence-electron chi connectivity index (χ2n) is 6.38. The van der Waals surface area contributed by atoms with Crippen molar-refractivity contribution in [1.82, 2.24) is 14.8 Å². The Hall–Kier alpha value is -2.64. The first-order valence-corrected chi connectivity index (χ1v) is 8.92. The number of ether oxygens (including phenoxy) is 1. The van der Waals surface area contributed by atoms with E-state index >= 15 is 0 Å². The normalized spacial score (nSPS) is 13.4. The summed E-state index contributed by atoms with van der Waals surface area (Å²) in [5.41, 5.74) is 0.740. The molecule has 1 aromatic carbocycles. The van der Waals surface area contributed by atoms with Crippen LogP contribution in [-0.2, 0) is 17.4 Å². The number of fused-ring (bicyclic) bond motifs is 1. The zero-order valence-electron chi connectivity index (χ0n) is 15.4. The van der Waals surface area contributed by atoms with Gasteiger partial charge in [0.05, 0.1) is 23.9 Å². The van der Waals surface area contributed by atoms with Gasteiger partial charge in [-0.05, 0) is 19.9 Å². The maximum Gasteiger partial charge on any atom is 0.341 e. The second-order valence-corrected chi connectivity index (χ2v) is 6.79. The van der Waals surface area contributed by atoms with Crippen molar-refractivity contribution in [3.8, 4) is 0 Å². The zero-order chi connectivity index (χ0) is 19.6. The van der Waals surface area contributed by atoms with Gasteiger partial charge in [-0.1, -0.05) is 29.8 Å². The van der Waals surface area contributed by atoms with Gasteiger partial charge in [0.25, 0.3) is 0 Å². The number of benzene rings is 1. The Balaban J connectivity index is 1.99. The molecule has 0 amide bonds. The summed E-state index contributed by atoms with van der Waals surface area (Å²) in [6, 6.07) is 7.10. The predicted molar refractivity (Wildman–Crippen MR) is 104 cm³/mol. The van der Waals surface area contributed by atoms with E-state index in [0.717, 1.165) is 0 Å². The minimum absolute atomic E-state index is 0.122. The Morgan fingerprint density at radius 3 is 2.81 bits per heavy atom. The average molecular weight is 389 g/mol. The summed E-state index contributed by atoms with van der Waals surface area (Å²) >= 11 is 6.23. The van der Waals surface area contributed by atoms with Gasteiger partial charge >= 0.3 is 5.97 Å². The SMILES string of the molecule is CCOC(=O)c1cnc2c(cnn2C)c1NCC(C)(O)c1ccccc1Cl. The number of aliphatic hydroxyl groups is 1. The first kappa shape index (κ1) is 19.1. The number of aryl methyl sites for hydroxylation is 1. The number of hydrogen-bond acceptors (Lipinski definition) is 6. The molecule has 142 valence electrons. The number of rotatable bonds is 6. The third kappa shape index (κ3) is 3.74. The molecule has 0 bridgehead atoms. The molecule has 0 aliphatic heterocycles. The largest absolute Gasteiger partial charge is 0.462 e. The average Bonchev–Trinajstić information content (AvgIpc) is 3.01. The third-order valence-corrected chi connectivity index (χ3v) is 4.65. The standard InChI is InChI=1S/C19H21ClN4O3/c1-4-27-18(25)13-9-21-17-12(10-23-24(17)3)16(13)22-11-19(2,26)14-7-5-6-8-15(14)20/h5-10,26H,4,11H2,1-3H3,(H,21,22). The summed E-state index contributed by atoms with van der Waals surface area (Å²) < 4.78 is 6.74. The van der Waals surface area contributed by atoms with E-state index in [-0.39, 0.29) is 18.7 Å². The van der Waals surface area contributed by atoms with E-state index in [1.54, 1.807) is 50.0 Å². The van der Waals surface area contributed by atoms with Gasteiger partial charge in [-0.3, -0.25) is 4.68 Å². The molecule has 2 N–H and O–H groups in total. The number of hydrogen-bond donors (Lipinski definition) is 2. The van der Waals surface area contributed by atoms with Gasteiger partial charge in [-0.25, -0.2) is 9.78 Å². The Labute approximate surface area is 161 Å². The number of esters is 1. The van der Waals surface area contributed by atoms with Crippen molar-refractivity contribution in [2.45, 2.75) is 19.4 Å². The minimum Gasteiger partial charge on any atom is -0.462 e. The molecule has 0 spiro atoms. The van der Waals surface area contributed by atoms with Gasteiger partial charge in [0.2, 0.25) is 0 Å². The van der Waals surface area contributed by atoms with Crippen molar-refractivity contribution in [3.05, 3.63) is 52.8 Å². The molecule has 7 nitrogen and oxygen atoms in total. The monoisotopic (exact) mass is 388 g/mol. The highest BCUT2D eigenvalue weighted by Crippen LogP contribution is 2.31. The molecule has 2 heterocycles. The van der Waals surface area contributed by atoms with Crippen LogP contribution in [-0.4, -0.2) is 39.0 Å². The lowest BCUT2D eigenvalue weighted by Crippen LogP contribution is -2.31. The van der Waals surface area contributed by atoms with Crippen LogP contribution >= 0.6 is 11.6 Å². The molecule has 0 fully saturated rings. The fourth-order valence-corrected chi connectivity index (χ4v) is 3.24. The van der Waals surface area contributed by atoms with E-state index in [1.807, 2.05) is 6.07 Å². The van der Waals surface area contributed by atoms with Crippen molar-refractivity contribution >= 4 is 34.3 Å². The molecule has 3 aromatic rings. The van der Waals surface area contributed by atoms with Crippen LogP contribution in [0, 0.1) is 0 Å². The summed E-state index contributed by atoms with van der Waals surface area (Å²) in [4.78, 5) is 16.6. The first-order chi connectivity index (χ1) is 12.8. The Kier molecular flexibility index (Phi) is 5.34. The summed E-state index contributed by atoms with van der Waals surface area (Å²) in [6.07, 6.45) is 3.08. The van der Waals surface area contributed by atoms with Crippen LogP contribution in [0.25, 0.3) is 11.0 Å². The lowest BCUT2D eigenvalue weighted by molar-refractivity contribution is 0.0525. The molecule has 1 atom stereocenters. The molecule has 2 aromatic heterocycles. The quantitative estimate of drug-likeness (QED) is 0.631. The van der Waals surface area contributed by atoms with Crippen molar-refractivity contribution in [1.29, 1.82) is 0 Å². The first-order valence-electron chi connectivity index (χ1n) is 8.54. The second kappa shape index (κ2) is 7.54. The topological polar surface area (TPSA) is 89.3 Å². The maximum absolute atomic E-state index is 12.4. The minimum atomic E-state index is -1.26. The molecule has 8 heteroatoms. The molecule has 0 aliphatic rings. The van der Waals surface area contributed by atoms with Gasteiger partial charge in [-0.2, -0.15) is 5.10 Å². The number of carbonyl (C=O) groups is 1. The number of nitrogens with one attached hydrogen (secondary N) is 1. The highest BCUT2D eigenvalue weighted by molar-refractivity contribution is 6.31. The van der Waals surface area contributed by atoms with Crippen LogP contribution in [0.1, 0.15) is 29.8 Å². The van der Waals surface area contributed by atoms with Crippen LogP contribution in [0.5, 0.6) is 0 Å². The Bertz CT molecular complexity index is 984. The van der Waals surface area contributed by atoms with Crippen molar-refractivity contribution in [2.24, 2.45) is 7.05 Å². The van der Waals surface area contributed by atoms with E-state index in [1.165, 1.54) is 6.20 Å². The number of nitrogens with zero attached hydrogens (tertiary/aromatic N) is 3. The fourth-order valence-electron chi connectivity index (χ4n) is 2.90. The lowest BCUT2D eigenvalue weighted by Gasteiger charge is -2.26. The molecular weight excluding hydrogens is 368 g/mol. The fraction of sp³-hybridized carbons (Fsp3) is 0.316. The van der Waals surface area contributed by atoms with E-state index in [9.17, 15) is 9.90 Å². The molecular formula is C19H21ClN4O3. The number of aromatic nitrogens is 3. The van der Waals surface area contributed by atoms with Crippen molar-refractivity contribution in [3.63, 3.8) is 0 Å². The van der Waals surface area contributed by atoms with Crippen molar-refractivity contribution in [2.75, 3.05) is 18.5 Å². The zero-order valence-corrected chi connectivity index (χ0v) is 16.1. The number of carbonyl (C=O) groups excluding carboxylic acids is 1. The molecule has 0 saturated heterocycles. The smallest absolute Gasteiger partial charge is 0.341 e. The summed E-state index contributed by atoms with van der Waals surface area (Å²) in [6.45, 7) is 3.77. The van der Waals surface area contributed by atoms with Gasteiger partial charge in [0.15, 0.2) is 5.65 Å². The highest BCUT2D eigenvalue weighted by atomic mass is 35.5. The Morgan fingerprint density at radius 2 is 2.11 bits per heavy atom. The van der Waals surface area contributed by atoms with Gasteiger partial charge in [0.1, 0.15) is 11.2 Å². The summed E-state index contributed by atoms with van der Waals surface area (Å²) in [7, 11) is 1.77. The Morgan fingerprint density at radius 1 is 1.37 bits per heavy atom. The summed E-state index contributed by atoms with van der Waals surface area (Å²) in [5.74, 6) is -0.490. The molecule has 1 unspecified atom stereocenters. The van der Waals surface area contributed by atoms with E-state index in [2.05, 4.69) is 15.4 Å². The van der Waals surface area contributed by atoms with Crippen LogP contribution in [0.2, 0.25) is 5.02 Å². The highest BCUT2D eigenvalue weighted by Gasteiger charge is 2.27. The molecule has 0 saturated carbocycles. The molecule has 0 radical (unpaired) electrons. The van der Waals surface area contributed by atoms with Crippen LogP contribution in [0.4, 0.5) is 5.69 Å². The van der Waals surface area contributed by atoms with Crippen molar-refractivity contribution < 1.29 is 14.6 Å². The lowest BCUT2D eigenvalue weighted by atomic mass is 9.95. The van der Waals surface area contributed by atoms with Crippen LogP contribution < -0.4 is 5.32 Å².